The fraction of sp³-hybridized carbons (Fsp3) is 0.522. The van der Waals surface area contributed by atoms with Crippen molar-refractivity contribution in [3.05, 3.63) is 81.4 Å². The van der Waals surface area contributed by atoms with Crippen molar-refractivity contribution in [1.82, 2.24) is 0 Å². The average Bonchev–Trinajstić information content (AvgIpc) is 3.08. The summed E-state index contributed by atoms with van der Waals surface area (Å²) in [4.78, 5) is 41.5. The zero-order chi connectivity index (χ0) is 47.2. The molecule has 4 atom stereocenters. The number of carbonyl (C=O) groups is 2. The molecule has 2 aromatic rings. The van der Waals surface area contributed by atoms with Crippen LogP contribution in [0.2, 0.25) is 0 Å². The first kappa shape index (κ1) is 59.3. The maximum Gasteiger partial charge on any atom is 1.00 e. The zero-order valence-corrected chi connectivity index (χ0v) is 40.3. The Balaban J connectivity index is 0.000000621. The molecule has 6 N–H and O–H groups in total. The molecule has 2 unspecified atom stereocenters. The van der Waals surface area contributed by atoms with Gasteiger partial charge in [-0.2, -0.15) is 0 Å². The van der Waals surface area contributed by atoms with E-state index in [1.165, 1.54) is 12.1 Å². The second-order valence-corrected chi connectivity index (χ2v) is 23.1. The number of allylic oxidation sites excluding steroid dienone is 4. The Morgan fingerprint density at radius 2 is 0.969 bits per heavy atom. The Morgan fingerprint density at radius 3 is 1.25 bits per heavy atom. The van der Waals surface area contributed by atoms with Crippen LogP contribution in [0.15, 0.2) is 47.5 Å². The molecule has 64 heavy (non-hydrogen) atoms. The van der Waals surface area contributed by atoms with Crippen molar-refractivity contribution in [3.8, 4) is 23.2 Å². The minimum absolute atomic E-state index is 0. The number of hydrogen-bond acceptors (Lipinski definition) is 10. The van der Waals surface area contributed by atoms with Crippen molar-refractivity contribution >= 4 is 37.8 Å². The zero-order valence-electron chi connectivity index (χ0n) is 38.5. The number of carboxylic acid groups (broad SMARTS) is 2. The fourth-order valence-corrected chi connectivity index (χ4v) is 11.0. The smallest absolute Gasteiger partial charge is 0.550 e. The Labute approximate surface area is 399 Å². The summed E-state index contributed by atoms with van der Waals surface area (Å²) in [5.41, 5.74) is 8.13. The summed E-state index contributed by atoms with van der Waals surface area (Å²) in [6.07, 6.45) is -3.22. The quantitative estimate of drug-likeness (QED) is 0.0883. The second-order valence-electron chi connectivity index (χ2n) is 19.1. The van der Waals surface area contributed by atoms with Crippen molar-refractivity contribution in [3.63, 3.8) is 0 Å². The molecule has 0 amide bonds. The van der Waals surface area contributed by atoms with Crippen molar-refractivity contribution in [2.75, 3.05) is 12.3 Å². The first-order valence-corrected chi connectivity index (χ1v) is 23.7. The van der Waals surface area contributed by atoms with Gasteiger partial charge in [0.05, 0.1) is 37.7 Å². The van der Waals surface area contributed by atoms with Crippen LogP contribution >= 0.6 is 14.7 Å². The molecule has 2 aromatic carbocycles. The van der Waals surface area contributed by atoms with E-state index >= 15 is 0 Å². The molecule has 2 aliphatic carbocycles. The van der Waals surface area contributed by atoms with Gasteiger partial charge in [0.25, 0.3) is 14.7 Å². The van der Waals surface area contributed by atoms with E-state index in [1.54, 1.807) is 24.3 Å². The van der Waals surface area contributed by atoms with Crippen LogP contribution in [0.4, 0.5) is 8.78 Å². The summed E-state index contributed by atoms with van der Waals surface area (Å²) < 4.78 is 52.8. The first-order valence-electron chi connectivity index (χ1n) is 20.0. The number of carboxylic acids is 2. The molecule has 0 radical (unpaired) electrons. The second kappa shape index (κ2) is 23.3. The van der Waals surface area contributed by atoms with E-state index in [0.717, 1.165) is 24.0 Å². The monoisotopic (exact) mass is 916 g/mol. The summed E-state index contributed by atoms with van der Waals surface area (Å²) in [6, 6.07) is 8.88. The number of rotatable bonds is 12. The molecule has 0 heterocycles. The number of aliphatic hydroxyl groups is 4. The van der Waals surface area contributed by atoms with Gasteiger partial charge in [0.15, 0.2) is 0 Å². The Bertz CT molecular complexity index is 2170. The molecule has 2 aliphatic rings. The third-order valence-corrected chi connectivity index (χ3v) is 13.4. The van der Waals surface area contributed by atoms with E-state index in [4.69, 9.17) is 0 Å². The molecule has 0 fully saturated rings. The van der Waals surface area contributed by atoms with Gasteiger partial charge in [0, 0.05) is 47.1 Å². The van der Waals surface area contributed by atoms with Crippen molar-refractivity contribution in [1.29, 1.82) is 0 Å². The third-order valence-electron chi connectivity index (χ3n) is 10.7. The first-order chi connectivity index (χ1) is 28.3. The van der Waals surface area contributed by atoms with Crippen molar-refractivity contribution < 1.29 is 106 Å². The summed E-state index contributed by atoms with van der Waals surface area (Å²) in [5, 5.41) is 59.4. The van der Waals surface area contributed by atoms with E-state index in [2.05, 4.69) is 50.9 Å². The van der Waals surface area contributed by atoms with Gasteiger partial charge in [-0.15, -0.1) is 0 Å². The van der Waals surface area contributed by atoms with Gasteiger partial charge in [-0.05, 0) is 105 Å². The van der Waals surface area contributed by atoms with Crippen LogP contribution in [0.25, 0.3) is 11.1 Å². The van der Waals surface area contributed by atoms with E-state index in [9.17, 15) is 67.9 Å². The molecule has 12 nitrogen and oxygen atoms in total. The largest absolute Gasteiger partial charge is 1.00 e. The van der Waals surface area contributed by atoms with Gasteiger partial charge < -0.3 is 50.0 Å². The van der Waals surface area contributed by atoms with Gasteiger partial charge in [-0.25, -0.2) is 8.78 Å². The third kappa shape index (κ3) is 17.5. The number of carbonyl (C=O) groups excluding carboxylic acids is 2. The van der Waals surface area contributed by atoms with E-state index in [0.29, 0.717) is 35.1 Å². The molecule has 0 bridgehead atoms. The normalized spacial score (nSPS) is 19.8. The summed E-state index contributed by atoms with van der Waals surface area (Å²) in [7, 11) is -8.28. The predicted molar refractivity (Wildman–Crippen MR) is 228 cm³/mol. The number of benzene rings is 2. The molecule has 4 rings (SSSR count). The number of aliphatic hydroxyl groups excluding tert-OH is 4. The van der Waals surface area contributed by atoms with Crippen LogP contribution < -0.4 is 47.9 Å². The topological polar surface area (TPSA) is 236 Å². The van der Waals surface area contributed by atoms with Crippen LogP contribution in [-0.4, -0.2) is 66.7 Å². The summed E-state index contributed by atoms with van der Waals surface area (Å²) >= 11 is 0. The standard InChI is InChI=1S/2C23H30FO6P.2Li/c2*1-22(2)11-18(15-5-6-20(24)16(9-15)12-25)19(23(3,4)14-22)7-8-31(29,30)13-17(26)10-21(27)28;;/h2*5-6,9,17,25-26H,10-14H2,1-4H3,(H,27,28)(H,29,30);;/q;;2*+1/p-2/t2*17-;;/m00../s1. The average molecular weight is 917 g/mol. The van der Waals surface area contributed by atoms with Crippen LogP contribution in [0.5, 0.6) is 0 Å². The number of aliphatic carboxylic acids is 2. The minimum Gasteiger partial charge on any atom is -0.550 e. The Morgan fingerprint density at radius 1 is 0.656 bits per heavy atom. The van der Waals surface area contributed by atoms with E-state index < -0.39 is 99.7 Å². The molecule has 0 aromatic heterocycles. The van der Waals surface area contributed by atoms with Crippen molar-refractivity contribution in [2.45, 2.75) is 119 Å². The fourth-order valence-electron chi connectivity index (χ4n) is 8.86. The molecule has 0 spiro atoms. The molecular formula is C46H58F2Li2O12P2. The molecule has 18 heteroatoms. The summed E-state index contributed by atoms with van der Waals surface area (Å²) in [5.74, 6) is 1.60. The van der Waals surface area contributed by atoms with Gasteiger partial charge in [0.1, 0.15) is 11.6 Å². The summed E-state index contributed by atoms with van der Waals surface area (Å²) in [6.45, 7) is 15.4. The number of halogens is 2. The molecule has 0 aliphatic heterocycles. The predicted octanol–water partition coefficient (Wildman–Crippen LogP) is -0.692. The van der Waals surface area contributed by atoms with Gasteiger partial charge in [0.2, 0.25) is 0 Å². The minimum atomic E-state index is -4.14. The molecule has 340 valence electrons. The van der Waals surface area contributed by atoms with Crippen LogP contribution in [-0.2, 0) is 31.9 Å². The van der Waals surface area contributed by atoms with E-state index in [-0.39, 0.29) is 59.7 Å². The molecule has 0 saturated heterocycles. The van der Waals surface area contributed by atoms with Gasteiger partial charge in [-0.3, -0.25) is 9.13 Å². The van der Waals surface area contributed by atoms with Crippen molar-refractivity contribution in [2.24, 2.45) is 21.7 Å². The van der Waals surface area contributed by atoms with E-state index in [1.807, 2.05) is 27.7 Å². The maximum absolute atomic E-state index is 13.9. The van der Waals surface area contributed by atoms with Gasteiger partial charge >= 0.3 is 37.7 Å². The van der Waals surface area contributed by atoms with Crippen LogP contribution in [0.1, 0.15) is 116 Å². The van der Waals surface area contributed by atoms with Crippen LogP contribution in [0, 0.1) is 56.5 Å². The molecular weight excluding hydrogens is 858 g/mol. The molecule has 0 saturated carbocycles. The van der Waals surface area contributed by atoms with Gasteiger partial charge in [-0.1, -0.05) is 79.4 Å². The number of hydrogen-bond donors (Lipinski definition) is 6. The maximum atomic E-state index is 13.9. The Kier molecular flexibility index (Phi) is 21.6. The Hall–Kier alpha value is -2.75. The SMILES string of the molecule is CC1(C)CC(c2ccc(F)c(CO)c2)=C(C#CP(=O)(O)C[C@@H](O)CC(=O)[O-])C(C)(C)C1.CC1(C)CC(c2ccc(F)c(CO)c2)=C(C#CP(=O)(O)C[C@@H](O)CC(=O)[O-])C(C)(C)C1.[Li+].[Li+]. The van der Waals surface area contributed by atoms with Crippen LogP contribution in [0.3, 0.4) is 0 Å².